The van der Waals surface area contributed by atoms with Crippen LogP contribution in [0.1, 0.15) is 5.56 Å². The summed E-state index contributed by atoms with van der Waals surface area (Å²) in [5, 5.41) is 6.33. The molecule has 0 saturated heterocycles. The summed E-state index contributed by atoms with van der Waals surface area (Å²) in [6, 6.07) is 1.19. The smallest absolute Gasteiger partial charge is 0.194 e. The average molecular weight is 250 g/mol. The van der Waals surface area contributed by atoms with Crippen LogP contribution in [0.15, 0.2) is 16.1 Å². The lowest BCUT2D eigenvalue weighted by atomic mass is 10.4. The molecule has 0 N–H and O–H groups in total. The molecule has 0 aromatic carbocycles. The van der Waals surface area contributed by atoms with Crippen LogP contribution in [0, 0.1) is 6.92 Å². The molecule has 15 heavy (non-hydrogen) atoms. The second kappa shape index (κ2) is 3.53. The molecule has 0 bridgehead atoms. The minimum atomic E-state index is -3.46. The molecule has 84 valence electrons. The molecule has 1 rings (SSSR count). The van der Waals surface area contributed by atoms with Crippen molar-refractivity contribution in [2.75, 3.05) is 12.5 Å². The van der Waals surface area contributed by atoms with Crippen molar-refractivity contribution in [3.8, 4) is 0 Å². The van der Waals surface area contributed by atoms with Gasteiger partial charge in [-0.1, -0.05) is 0 Å². The Morgan fingerprint density at radius 1 is 1.00 bits per heavy atom. The molecule has 0 aliphatic heterocycles. The minimum absolute atomic E-state index is 0.199. The van der Waals surface area contributed by atoms with Crippen LogP contribution in [-0.4, -0.2) is 39.5 Å². The van der Waals surface area contributed by atoms with Gasteiger partial charge in [0.15, 0.2) is 29.7 Å². The van der Waals surface area contributed by atoms with Gasteiger partial charge in [0.05, 0.1) is 0 Å². The molecule has 6 nitrogen and oxygen atoms in total. The molecule has 0 unspecified atom stereocenters. The van der Waals surface area contributed by atoms with Crippen molar-refractivity contribution in [2.24, 2.45) is 0 Å². The summed E-state index contributed by atoms with van der Waals surface area (Å²) in [6.45, 7) is 1.47. The van der Waals surface area contributed by atoms with Crippen LogP contribution in [0.25, 0.3) is 0 Å². The Bertz CT molecular complexity index is 589. The standard InChI is InChI=1S/C7H10N2O4S2/c1-5-4-6(14(2,10)11)8-9-7(5)15(3,12)13/h4H,1-3H3. The Labute approximate surface area is 88.2 Å². The maximum Gasteiger partial charge on any atom is 0.194 e. The van der Waals surface area contributed by atoms with E-state index < -0.39 is 19.7 Å². The van der Waals surface area contributed by atoms with Crippen LogP contribution in [0.3, 0.4) is 0 Å². The Hall–Kier alpha value is -1.02. The molecular weight excluding hydrogens is 240 g/mol. The van der Waals surface area contributed by atoms with Gasteiger partial charge in [0.25, 0.3) is 0 Å². The third-order valence-electron chi connectivity index (χ3n) is 1.65. The van der Waals surface area contributed by atoms with Crippen molar-refractivity contribution in [2.45, 2.75) is 17.0 Å². The van der Waals surface area contributed by atoms with Gasteiger partial charge in [-0.3, -0.25) is 0 Å². The highest BCUT2D eigenvalue weighted by Crippen LogP contribution is 2.13. The number of hydrogen-bond donors (Lipinski definition) is 0. The van der Waals surface area contributed by atoms with Gasteiger partial charge in [-0.25, -0.2) is 16.8 Å². The molecule has 0 atom stereocenters. The molecule has 0 saturated carbocycles. The average Bonchev–Trinajstić information content (AvgIpc) is 1.99. The molecule has 0 aliphatic rings. The highest BCUT2D eigenvalue weighted by Gasteiger charge is 2.17. The van der Waals surface area contributed by atoms with Crippen LogP contribution in [0.2, 0.25) is 0 Å². The van der Waals surface area contributed by atoms with Gasteiger partial charge in [-0.15, -0.1) is 10.2 Å². The third kappa shape index (κ3) is 2.72. The van der Waals surface area contributed by atoms with E-state index >= 15 is 0 Å². The van der Waals surface area contributed by atoms with Crippen molar-refractivity contribution < 1.29 is 16.8 Å². The summed E-state index contributed by atoms with van der Waals surface area (Å²) in [4.78, 5) is 0. The van der Waals surface area contributed by atoms with E-state index in [9.17, 15) is 16.8 Å². The Kier molecular flexibility index (Phi) is 2.83. The van der Waals surface area contributed by atoms with Crippen molar-refractivity contribution >= 4 is 19.7 Å². The lowest BCUT2D eigenvalue weighted by Crippen LogP contribution is -2.09. The van der Waals surface area contributed by atoms with E-state index in [4.69, 9.17) is 0 Å². The molecule has 0 amide bonds. The number of rotatable bonds is 2. The summed E-state index contributed by atoms with van der Waals surface area (Å²) in [5.74, 6) is 0. The number of hydrogen-bond acceptors (Lipinski definition) is 6. The van der Waals surface area contributed by atoms with Crippen molar-refractivity contribution in [3.63, 3.8) is 0 Å². The normalized spacial score (nSPS) is 12.7. The fourth-order valence-electron chi connectivity index (χ4n) is 0.997. The monoisotopic (exact) mass is 250 g/mol. The maximum atomic E-state index is 11.2. The predicted octanol–water partition coefficient (Wildman–Crippen LogP) is -0.408. The highest BCUT2D eigenvalue weighted by molar-refractivity contribution is 7.91. The van der Waals surface area contributed by atoms with Gasteiger partial charge in [-0.05, 0) is 18.6 Å². The summed E-state index contributed by atoms with van der Waals surface area (Å²) in [6.07, 6.45) is 1.97. The molecule has 0 aliphatic carbocycles. The number of aromatic nitrogens is 2. The zero-order valence-corrected chi connectivity index (χ0v) is 10.1. The largest absolute Gasteiger partial charge is 0.222 e. The SMILES string of the molecule is Cc1cc(S(C)(=O)=O)nnc1S(C)(=O)=O. The van der Waals surface area contributed by atoms with Gasteiger partial charge < -0.3 is 0 Å². The van der Waals surface area contributed by atoms with Crippen molar-refractivity contribution in [1.29, 1.82) is 0 Å². The van der Waals surface area contributed by atoms with Crippen LogP contribution in [-0.2, 0) is 19.7 Å². The fourth-order valence-corrected chi connectivity index (χ4v) is 2.41. The predicted molar refractivity (Wildman–Crippen MR) is 53.0 cm³/mol. The topological polar surface area (TPSA) is 94.1 Å². The lowest BCUT2D eigenvalue weighted by Gasteiger charge is -2.02. The van der Waals surface area contributed by atoms with Crippen molar-refractivity contribution in [3.05, 3.63) is 11.6 Å². The van der Waals surface area contributed by atoms with Gasteiger partial charge in [0.1, 0.15) is 0 Å². The van der Waals surface area contributed by atoms with Crippen LogP contribution in [0.5, 0.6) is 0 Å². The molecule has 0 radical (unpaired) electrons. The van der Waals surface area contributed by atoms with E-state index in [1.165, 1.54) is 13.0 Å². The molecule has 1 heterocycles. The molecule has 1 aromatic heterocycles. The van der Waals surface area contributed by atoms with E-state index in [1.54, 1.807) is 0 Å². The number of sulfone groups is 2. The molecular formula is C7H10N2O4S2. The highest BCUT2D eigenvalue weighted by atomic mass is 32.2. The van der Waals surface area contributed by atoms with E-state index in [0.29, 0.717) is 0 Å². The van der Waals surface area contributed by atoms with Crippen LogP contribution < -0.4 is 0 Å². The van der Waals surface area contributed by atoms with E-state index in [-0.39, 0.29) is 15.6 Å². The quantitative estimate of drug-likeness (QED) is 0.708. The minimum Gasteiger partial charge on any atom is -0.222 e. The second-order valence-electron chi connectivity index (χ2n) is 3.22. The van der Waals surface area contributed by atoms with Gasteiger partial charge >= 0.3 is 0 Å². The van der Waals surface area contributed by atoms with Gasteiger partial charge in [-0.2, -0.15) is 0 Å². The molecule has 8 heteroatoms. The zero-order valence-electron chi connectivity index (χ0n) is 8.42. The summed E-state index contributed by atoms with van der Waals surface area (Å²) >= 11 is 0. The fraction of sp³-hybridized carbons (Fsp3) is 0.429. The summed E-state index contributed by atoms with van der Waals surface area (Å²) < 4.78 is 44.5. The molecule has 1 aromatic rings. The second-order valence-corrected chi connectivity index (χ2v) is 7.11. The first-order valence-electron chi connectivity index (χ1n) is 3.87. The van der Waals surface area contributed by atoms with E-state index in [1.807, 2.05) is 0 Å². The zero-order chi connectivity index (χ0) is 11.9. The van der Waals surface area contributed by atoms with Crippen LogP contribution in [0.4, 0.5) is 0 Å². The Balaban J connectivity index is 3.47. The lowest BCUT2D eigenvalue weighted by molar-refractivity contribution is 0.584. The van der Waals surface area contributed by atoms with Gasteiger partial charge in [0, 0.05) is 12.5 Å². The maximum absolute atomic E-state index is 11.2. The summed E-state index contributed by atoms with van der Waals surface area (Å²) in [7, 11) is -6.92. The molecule has 0 fully saturated rings. The van der Waals surface area contributed by atoms with Gasteiger partial charge in [0.2, 0.25) is 0 Å². The number of nitrogens with zero attached hydrogens (tertiary/aromatic N) is 2. The third-order valence-corrected chi connectivity index (χ3v) is 3.71. The Morgan fingerprint density at radius 2 is 1.53 bits per heavy atom. The number of aryl methyl sites for hydroxylation is 1. The Morgan fingerprint density at radius 3 is 1.87 bits per heavy atom. The first-order valence-corrected chi connectivity index (χ1v) is 7.65. The van der Waals surface area contributed by atoms with Crippen LogP contribution >= 0.6 is 0 Å². The molecule has 0 spiro atoms. The first-order chi connectivity index (χ1) is 6.62. The summed E-state index contributed by atoms with van der Waals surface area (Å²) in [5.41, 5.74) is 0.271. The van der Waals surface area contributed by atoms with E-state index in [2.05, 4.69) is 10.2 Å². The first kappa shape index (κ1) is 12.1. The van der Waals surface area contributed by atoms with Crippen molar-refractivity contribution in [1.82, 2.24) is 10.2 Å². The van der Waals surface area contributed by atoms with E-state index in [0.717, 1.165) is 12.5 Å².